The summed E-state index contributed by atoms with van der Waals surface area (Å²) in [5.74, 6) is -0.127. The zero-order valence-corrected chi connectivity index (χ0v) is 17.2. The lowest BCUT2D eigenvalue weighted by Crippen LogP contribution is -2.53. The number of amides is 3. The quantitative estimate of drug-likeness (QED) is 0.562. The van der Waals surface area contributed by atoms with E-state index >= 15 is 0 Å². The predicted octanol–water partition coefficient (Wildman–Crippen LogP) is 2.70. The number of nitrogens with two attached hydrogens (primary N) is 1. The van der Waals surface area contributed by atoms with Crippen LogP contribution < -0.4 is 11.1 Å². The van der Waals surface area contributed by atoms with Crippen molar-refractivity contribution in [1.29, 1.82) is 0 Å². The highest BCUT2D eigenvalue weighted by Gasteiger charge is 2.28. The fourth-order valence-electron chi connectivity index (χ4n) is 3.36. The second kappa shape index (κ2) is 8.22. The lowest BCUT2D eigenvalue weighted by molar-refractivity contribution is -0.134. The summed E-state index contributed by atoms with van der Waals surface area (Å²) in [6.07, 6.45) is 1.71. The van der Waals surface area contributed by atoms with E-state index in [2.05, 4.69) is 31.4 Å². The molecule has 2 aromatic carbocycles. The van der Waals surface area contributed by atoms with Crippen LogP contribution in [0.4, 0.5) is 10.5 Å². The second-order valence-electron chi connectivity index (χ2n) is 6.94. The Hall–Kier alpha value is -2.91. The number of aromatic amines is 1. The number of carbonyl (C=O) groups excluding carboxylic acids is 2. The molecule has 150 valence electrons. The highest BCUT2D eigenvalue weighted by molar-refractivity contribution is 9.10. The van der Waals surface area contributed by atoms with Crippen LogP contribution in [-0.4, -0.2) is 58.1 Å². The molecule has 0 aliphatic carbocycles. The predicted molar refractivity (Wildman–Crippen MR) is 114 cm³/mol. The lowest BCUT2D eigenvalue weighted by atomic mass is 10.1. The summed E-state index contributed by atoms with van der Waals surface area (Å²) in [6.45, 7) is 1.83. The van der Waals surface area contributed by atoms with Crippen molar-refractivity contribution in [2.24, 2.45) is 5.73 Å². The van der Waals surface area contributed by atoms with E-state index in [0.29, 0.717) is 31.9 Å². The van der Waals surface area contributed by atoms with Gasteiger partial charge in [-0.1, -0.05) is 28.1 Å². The molecule has 29 heavy (non-hydrogen) atoms. The smallest absolute Gasteiger partial charge is 0.321 e. The molecule has 1 aromatic heterocycles. The maximum Gasteiger partial charge on any atom is 0.321 e. The Bertz CT molecular complexity index is 1030. The number of piperazine rings is 1. The molecule has 3 amide bonds. The van der Waals surface area contributed by atoms with Gasteiger partial charge in [-0.2, -0.15) is 5.10 Å². The van der Waals surface area contributed by atoms with Crippen LogP contribution in [0.2, 0.25) is 0 Å². The van der Waals surface area contributed by atoms with Gasteiger partial charge in [0.2, 0.25) is 5.91 Å². The number of H-pyrrole nitrogens is 1. The van der Waals surface area contributed by atoms with E-state index in [0.717, 1.165) is 20.9 Å². The van der Waals surface area contributed by atoms with E-state index in [1.165, 1.54) is 0 Å². The molecule has 2 heterocycles. The van der Waals surface area contributed by atoms with Gasteiger partial charge in [0.05, 0.1) is 11.7 Å². The van der Waals surface area contributed by atoms with Crippen LogP contribution in [0.5, 0.6) is 0 Å². The van der Waals surface area contributed by atoms with Crippen LogP contribution in [0.3, 0.4) is 0 Å². The van der Waals surface area contributed by atoms with Gasteiger partial charge in [-0.15, -0.1) is 0 Å². The van der Waals surface area contributed by atoms with E-state index < -0.39 is 6.04 Å². The van der Waals surface area contributed by atoms with Gasteiger partial charge in [-0.25, -0.2) is 4.79 Å². The van der Waals surface area contributed by atoms with E-state index in [9.17, 15) is 9.59 Å². The number of fused-ring (bicyclic) bond motifs is 1. The van der Waals surface area contributed by atoms with Crippen LogP contribution in [-0.2, 0) is 4.79 Å². The van der Waals surface area contributed by atoms with Crippen LogP contribution in [0.1, 0.15) is 11.6 Å². The number of anilines is 1. The normalized spacial score (nSPS) is 15.4. The second-order valence-corrected chi connectivity index (χ2v) is 7.86. The van der Waals surface area contributed by atoms with Crippen LogP contribution in [0, 0.1) is 0 Å². The van der Waals surface area contributed by atoms with Crippen molar-refractivity contribution in [1.82, 2.24) is 20.0 Å². The Morgan fingerprint density at radius 3 is 2.48 bits per heavy atom. The standard InChI is InChI=1S/C20H21BrN6O2/c21-15-3-1-13(2-4-15)18(22)19(28)26-7-9-27(10-8-26)20(29)24-16-5-6-17-14(11-16)12-23-25-17/h1-6,11-12,18H,7-10,22H2,(H,23,25)(H,24,29). The van der Waals surface area contributed by atoms with Crippen LogP contribution in [0.15, 0.2) is 53.1 Å². The number of nitrogens with one attached hydrogen (secondary N) is 2. The summed E-state index contributed by atoms with van der Waals surface area (Å²) >= 11 is 3.38. The molecular weight excluding hydrogens is 436 g/mol. The van der Waals surface area contributed by atoms with Crippen LogP contribution in [0.25, 0.3) is 10.9 Å². The summed E-state index contributed by atoms with van der Waals surface area (Å²) in [7, 11) is 0. The largest absolute Gasteiger partial charge is 0.337 e. The third-order valence-corrected chi connectivity index (χ3v) is 5.59. The van der Waals surface area contributed by atoms with E-state index in [1.54, 1.807) is 16.0 Å². The molecule has 9 heteroatoms. The van der Waals surface area contributed by atoms with Crippen molar-refractivity contribution in [3.63, 3.8) is 0 Å². The molecule has 1 saturated heterocycles. The van der Waals surface area contributed by atoms with Gasteiger partial charge in [0, 0.05) is 41.7 Å². The van der Waals surface area contributed by atoms with Crippen molar-refractivity contribution >= 4 is 44.5 Å². The van der Waals surface area contributed by atoms with E-state index in [1.807, 2.05) is 42.5 Å². The van der Waals surface area contributed by atoms with Gasteiger partial charge in [-0.3, -0.25) is 9.89 Å². The number of hydrogen-bond donors (Lipinski definition) is 3. The first-order valence-corrected chi connectivity index (χ1v) is 10.1. The number of benzene rings is 2. The molecule has 1 aliphatic heterocycles. The zero-order valence-electron chi connectivity index (χ0n) is 15.6. The third kappa shape index (κ3) is 4.25. The Morgan fingerprint density at radius 1 is 1.07 bits per heavy atom. The first-order chi connectivity index (χ1) is 14.0. The number of carbonyl (C=O) groups is 2. The molecular formula is C20H21BrN6O2. The van der Waals surface area contributed by atoms with Gasteiger partial charge >= 0.3 is 6.03 Å². The Morgan fingerprint density at radius 2 is 1.76 bits per heavy atom. The minimum atomic E-state index is -0.704. The molecule has 3 aromatic rings. The van der Waals surface area contributed by atoms with Crippen LogP contribution >= 0.6 is 15.9 Å². The molecule has 1 atom stereocenters. The molecule has 4 rings (SSSR count). The van der Waals surface area contributed by atoms with Gasteiger partial charge in [0.1, 0.15) is 6.04 Å². The molecule has 0 saturated carbocycles. The average molecular weight is 457 g/mol. The molecule has 1 unspecified atom stereocenters. The first-order valence-electron chi connectivity index (χ1n) is 9.30. The van der Waals surface area contributed by atoms with Crippen molar-refractivity contribution in [2.75, 3.05) is 31.5 Å². The fraction of sp³-hybridized carbons (Fsp3) is 0.250. The molecule has 0 bridgehead atoms. The summed E-state index contributed by atoms with van der Waals surface area (Å²) in [6, 6.07) is 12.1. The minimum Gasteiger partial charge on any atom is -0.337 e. The first kappa shape index (κ1) is 19.4. The number of aromatic nitrogens is 2. The maximum atomic E-state index is 12.7. The van der Waals surface area contributed by atoms with Crippen molar-refractivity contribution in [2.45, 2.75) is 6.04 Å². The SMILES string of the molecule is NC(C(=O)N1CCN(C(=O)Nc2ccc3[nH]ncc3c2)CC1)c1ccc(Br)cc1. The summed E-state index contributed by atoms with van der Waals surface area (Å²) in [5, 5.41) is 10.7. The van der Waals surface area contributed by atoms with Gasteiger partial charge in [-0.05, 0) is 35.9 Å². The highest BCUT2D eigenvalue weighted by atomic mass is 79.9. The molecule has 0 spiro atoms. The van der Waals surface area contributed by atoms with E-state index in [4.69, 9.17) is 5.73 Å². The highest BCUT2D eigenvalue weighted by Crippen LogP contribution is 2.19. The number of hydrogen-bond acceptors (Lipinski definition) is 4. The summed E-state index contributed by atoms with van der Waals surface area (Å²) < 4.78 is 0.937. The summed E-state index contributed by atoms with van der Waals surface area (Å²) in [4.78, 5) is 28.7. The summed E-state index contributed by atoms with van der Waals surface area (Å²) in [5.41, 5.74) is 8.54. The number of rotatable bonds is 3. The molecule has 1 aliphatic rings. The molecule has 1 fully saturated rings. The molecule has 8 nitrogen and oxygen atoms in total. The monoisotopic (exact) mass is 456 g/mol. The van der Waals surface area contributed by atoms with Gasteiger partial charge in [0.25, 0.3) is 0 Å². The third-order valence-electron chi connectivity index (χ3n) is 5.07. The van der Waals surface area contributed by atoms with Gasteiger partial charge < -0.3 is 20.9 Å². The minimum absolute atomic E-state index is 0.127. The maximum absolute atomic E-state index is 12.7. The molecule has 0 radical (unpaired) electrons. The fourth-order valence-corrected chi connectivity index (χ4v) is 3.63. The lowest BCUT2D eigenvalue weighted by Gasteiger charge is -2.35. The Balaban J connectivity index is 1.32. The van der Waals surface area contributed by atoms with Crippen molar-refractivity contribution < 1.29 is 9.59 Å². The number of urea groups is 1. The zero-order chi connectivity index (χ0) is 20.4. The molecule has 4 N–H and O–H groups in total. The number of halogens is 1. The Labute approximate surface area is 176 Å². The number of nitrogens with zero attached hydrogens (tertiary/aromatic N) is 3. The van der Waals surface area contributed by atoms with Crippen molar-refractivity contribution in [3.05, 3.63) is 58.7 Å². The van der Waals surface area contributed by atoms with Crippen molar-refractivity contribution in [3.8, 4) is 0 Å². The topological polar surface area (TPSA) is 107 Å². The Kier molecular flexibility index (Phi) is 5.50. The van der Waals surface area contributed by atoms with Gasteiger partial charge in [0.15, 0.2) is 0 Å². The van der Waals surface area contributed by atoms with E-state index in [-0.39, 0.29) is 11.9 Å². The average Bonchev–Trinajstić information content (AvgIpc) is 3.21.